The van der Waals surface area contributed by atoms with Gasteiger partial charge in [0.1, 0.15) is 19.3 Å². The first-order valence-corrected chi connectivity index (χ1v) is 23.1. The molecule has 0 bridgehead atoms. The van der Waals surface area contributed by atoms with Gasteiger partial charge in [-0.15, -0.1) is 0 Å². The predicted octanol–water partition coefficient (Wildman–Crippen LogP) is 10.6. The molecule has 0 aromatic carbocycles. The van der Waals surface area contributed by atoms with Crippen molar-refractivity contribution in [2.75, 3.05) is 40.9 Å². The van der Waals surface area contributed by atoms with E-state index in [-0.39, 0.29) is 18.9 Å². The van der Waals surface area contributed by atoms with Crippen molar-refractivity contribution in [1.29, 1.82) is 0 Å². The number of carbonyl (C=O) groups excluding carboxylic acids is 1. The second kappa shape index (κ2) is 34.7. The first-order chi connectivity index (χ1) is 24.9. The normalized spacial score (nSPS) is 15.2. The van der Waals surface area contributed by atoms with E-state index in [0.29, 0.717) is 23.9 Å². The average Bonchev–Trinajstić information content (AvgIpc) is 3.09. The number of nitrogens with one attached hydrogen (secondary N) is 1. The summed E-state index contributed by atoms with van der Waals surface area (Å²) in [6.07, 6.45) is 34.1. The van der Waals surface area contributed by atoms with Gasteiger partial charge in [-0.25, -0.2) is 4.57 Å². The minimum atomic E-state index is -4.41. The summed E-state index contributed by atoms with van der Waals surface area (Å²) in [4.78, 5) is 23.1. The van der Waals surface area contributed by atoms with Gasteiger partial charge in [0.15, 0.2) is 0 Å². The van der Waals surface area contributed by atoms with Gasteiger partial charge in [-0.1, -0.05) is 161 Å². The molecule has 4 unspecified atom stereocenters. The molecule has 1 amide bonds. The first-order valence-electron chi connectivity index (χ1n) is 21.6. The van der Waals surface area contributed by atoms with Crippen LogP contribution in [0.4, 0.5) is 0 Å². The third kappa shape index (κ3) is 34.9. The third-order valence-electron chi connectivity index (χ3n) is 9.86. The molecule has 0 spiro atoms. The number of amides is 1. The maximum Gasteiger partial charge on any atom is 0.472 e. The molecule has 0 saturated heterocycles. The molecule has 9 nitrogen and oxygen atoms in total. The van der Waals surface area contributed by atoms with Gasteiger partial charge >= 0.3 is 7.82 Å². The highest BCUT2D eigenvalue weighted by Crippen LogP contribution is 2.43. The molecule has 0 aliphatic carbocycles. The fourth-order valence-electron chi connectivity index (χ4n) is 6.32. The number of nitrogens with zero attached hydrogens (tertiary/aromatic N) is 1. The van der Waals surface area contributed by atoms with E-state index in [1.165, 1.54) is 128 Å². The third-order valence-corrected chi connectivity index (χ3v) is 10.8. The van der Waals surface area contributed by atoms with Crippen molar-refractivity contribution >= 4 is 13.7 Å². The SMILES string of the molecule is CCCCCCCCC/C=C/CCCC(O)C(O)C(COP(=O)(O)OCC[N+](C)(C)C)NC(=O)CCCCCCCCCCCCCCCCCC. The summed E-state index contributed by atoms with van der Waals surface area (Å²) >= 11 is 0. The monoisotopic (exact) mass is 762 g/mol. The molecular weight excluding hydrogens is 675 g/mol. The van der Waals surface area contributed by atoms with Crippen molar-refractivity contribution in [3.63, 3.8) is 0 Å². The lowest BCUT2D eigenvalue weighted by molar-refractivity contribution is -0.870. The maximum atomic E-state index is 12.9. The number of phosphoric ester groups is 1. The number of quaternary nitrogens is 1. The molecule has 4 atom stereocenters. The Morgan fingerprint density at radius 1 is 0.654 bits per heavy atom. The van der Waals surface area contributed by atoms with Gasteiger partial charge in [0.25, 0.3) is 0 Å². The smallest absolute Gasteiger partial charge is 0.390 e. The van der Waals surface area contributed by atoms with Gasteiger partial charge in [0.05, 0.1) is 39.9 Å². The average molecular weight is 762 g/mol. The lowest BCUT2D eigenvalue weighted by atomic mass is 10.0. The van der Waals surface area contributed by atoms with Crippen molar-refractivity contribution in [2.45, 2.75) is 212 Å². The molecule has 0 aromatic heterocycles. The Morgan fingerprint density at radius 2 is 1.08 bits per heavy atom. The van der Waals surface area contributed by atoms with Crippen LogP contribution in [0.2, 0.25) is 0 Å². The molecule has 0 aliphatic heterocycles. The summed E-state index contributed by atoms with van der Waals surface area (Å²) in [5.41, 5.74) is 0. The second-order valence-electron chi connectivity index (χ2n) is 16.2. The number of allylic oxidation sites excluding steroid dienone is 2. The summed E-state index contributed by atoms with van der Waals surface area (Å²) in [6, 6.07) is -1.04. The number of hydrogen-bond acceptors (Lipinski definition) is 6. The van der Waals surface area contributed by atoms with Gasteiger partial charge in [-0.3, -0.25) is 13.8 Å². The standard InChI is InChI=1S/C42H85N2O7P/c1-6-8-10-12-14-16-18-20-21-22-23-25-27-29-31-33-35-41(46)43-39(38-51-52(48,49)50-37-36-44(3,4)5)42(47)40(45)34-32-30-28-26-24-19-17-15-13-11-9-7-2/h26,28,39-40,42,45,47H,6-25,27,29-38H2,1-5H3,(H-,43,46,48,49)/p+1/b28-26+. The van der Waals surface area contributed by atoms with Gasteiger partial charge in [-0.05, 0) is 38.5 Å². The maximum absolute atomic E-state index is 12.9. The molecule has 10 heteroatoms. The number of likely N-dealkylation sites (N-methyl/N-ethyl adjacent to an activating group) is 1. The Labute approximate surface area is 321 Å². The van der Waals surface area contributed by atoms with Crippen LogP contribution in [0.15, 0.2) is 12.2 Å². The van der Waals surface area contributed by atoms with Crippen LogP contribution < -0.4 is 5.32 Å². The molecule has 52 heavy (non-hydrogen) atoms. The Hall–Kier alpha value is -0.800. The van der Waals surface area contributed by atoms with Crippen LogP contribution in [0.3, 0.4) is 0 Å². The highest BCUT2D eigenvalue weighted by atomic mass is 31.2. The van der Waals surface area contributed by atoms with Gasteiger partial charge in [-0.2, -0.15) is 0 Å². The lowest BCUT2D eigenvalue weighted by Crippen LogP contribution is -2.51. The van der Waals surface area contributed by atoms with Gasteiger partial charge in [0, 0.05) is 6.42 Å². The summed E-state index contributed by atoms with van der Waals surface area (Å²) in [6.45, 7) is 4.58. The zero-order valence-electron chi connectivity index (χ0n) is 34.7. The van der Waals surface area contributed by atoms with Crippen LogP contribution in [-0.4, -0.2) is 84.6 Å². The summed E-state index contributed by atoms with van der Waals surface area (Å²) < 4.78 is 23.4. The van der Waals surface area contributed by atoms with Crippen LogP contribution in [0.5, 0.6) is 0 Å². The van der Waals surface area contributed by atoms with Gasteiger partial charge in [0.2, 0.25) is 5.91 Å². The Balaban J connectivity index is 4.53. The lowest BCUT2D eigenvalue weighted by Gasteiger charge is -2.28. The van der Waals surface area contributed by atoms with Crippen molar-refractivity contribution in [3.05, 3.63) is 12.2 Å². The van der Waals surface area contributed by atoms with E-state index >= 15 is 0 Å². The molecule has 0 fully saturated rings. The Bertz CT molecular complexity index is 883. The molecule has 0 radical (unpaired) electrons. The van der Waals surface area contributed by atoms with E-state index in [1.807, 2.05) is 21.1 Å². The van der Waals surface area contributed by atoms with Crippen LogP contribution in [0.1, 0.15) is 194 Å². The van der Waals surface area contributed by atoms with Crippen molar-refractivity contribution in [1.82, 2.24) is 5.32 Å². The van der Waals surface area contributed by atoms with Crippen LogP contribution in [-0.2, 0) is 18.4 Å². The van der Waals surface area contributed by atoms with Crippen molar-refractivity contribution in [3.8, 4) is 0 Å². The molecule has 4 N–H and O–H groups in total. The molecular formula is C42H86N2O7P+. The van der Waals surface area contributed by atoms with Crippen LogP contribution in [0, 0.1) is 0 Å². The highest BCUT2D eigenvalue weighted by Gasteiger charge is 2.31. The Kier molecular flexibility index (Phi) is 34.1. The number of aliphatic hydroxyl groups is 2. The molecule has 0 rings (SSSR count). The molecule has 0 aliphatic rings. The summed E-state index contributed by atoms with van der Waals surface area (Å²) in [5.74, 6) is -0.266. The van der Waals surface area contributed by atoms with Crippen LogP contribution in [0.25, 0.3) is 0 Å². The highest BCUT2D eigenvalue weighted by molar-refractivity contribution is 7.47. The first kappa shape index (κ1) is 51.2. The molecule has 0 aromatic rings. The quantitative estimate of drug-likeness (QED) is 0.0213. The fraction of sp³-hybridized carbons (Fsp3) is 0.929. The van der Waals surface area contributed by atoms with Crippen molar-refractivity contribution < 1.29 is 38.0 Å². The van der Waals surface area contributed by atoms with E-state index in [0.717, 1.165) is 32.1 Å². The van der Waals surface area contributed by atoms with Gasteiger partial charge < -0.3 is 24.9 Å². The molecule has 0 saturated carbocycles. The number of hydrogen-bond donors (Lipinski definition) is 4. The minimum absolute atomic E-state index is 0.0191. The second-order valence-corrected chi connectivity index (χ2v) is 17.7. The largest absolute Gasteiger partial charge is 0.472 e. The van der Waals surface area contributed by atoms with E-state index in [4.69, 9.17) is 9.05 Å². The topological polar surface area (TPSA) is 125 Å². The Morgan fingerprint density at radius 3 is 1.54 bits per heavy atom. The number of unbranched alkanes of at least 4 members (excludes halogenated alkanes) is 23. The molecule has 310 valence electrons. The van der Waals surface area contributed by atoms with Crippen molar-refractivity contribution in [2.24, 2.45) is 0 Å². The fourth-order valence-corrected chi connectivity index (χ4v) is 7.05. The van der Waals surface area contributed by atoms with Crippen LogP contribution >= 0.6 is 7.82 Å². The predicted molar refractivity (Wildman–Crippen MR) is 218 cm³/mol. The van der Waals surface area contributed by atoms with E-state index in [1.54, 1.807) is 0 Å². The van der Waals surface area contributed by atoms with E-state index in [9.17, 15) is 24.5 Å². The zero-order valence-corrected chi connectivity index (χ0v) is 35.6. The number of rotatable bonds is 39. The number of carbonyl (C=O) groups is 1. The molecule has 0 heterocycles. The zero-order chi connectivity index (χ0) is 38.8. The number of aliphatic hydroxyl groups excluding tert-OH is 2. The summed E-state index contributed by atoms with van der Waals surface area (Å²) in [7, 11) is 1.42. The van der Waals surface area contributed by atoms with E-state index in [2.05, 4.69) is 31.3 Å². The van der Waals surface area contributed by atoms with E-state index < -0.39 is 32.7 Å². The minimum Gasteiger partial charge on any atom is -0.390 e. The summed E-state index contributed by atoms with van der Waals surface area (Å²) in [5, 5.41) is 24.6. The number of phosphoric acid groups is 1.